The Balaban J connectivity index is 1.77. The molecule has 1 N–H and O–H groups in total. The number of benzene rings is 2. The van der Waals surface area contributed by atoms with E-state index in [0.29, 0.717) is 18.4 Å². The molecule has 0 fully saturated rings. The summed E-state index contributed by atoms with van der Waals surface area (Å²) < 4.78 is 19.1. The van der Waals surface area contributed by atoms with Gasteiger partial charge in [-0.2, -0.15) is 0 Å². The van der Waals surface area contributed by atoms with Crippen molar-refractivity contribution in [2.24, 2.45) is 0 Å². The van der Waals surface area contributed by atoms with E-state index >= 15 is 0 Å². The van der Waals surface area contributed by atoms with Crippen molar-refractivity contribution in [1.82, 2.24) is 5.32 Å². The van der Waals surface area contributed by atoms with Crippen LogP contribution in [0.3, 0.4) is 0 Å². The highest BCUT2D eigenvalue weighted by atomic mass is 19.1. The van der Waals surface area contributed by atoms with Crippen LogP contribution in [0, 0.1) is 5.82 Å². The first-order valence-corrected chi connectivity index (χ1v) is 7.36. The van der Waals surface area contributed by atoms with E-state index in [-0.39, 0.29) is 17.8 Å². The zero-order valence-corrected chi connectivity index (χ0v) is 12.4. The molecule has 2 unspecified atom stereocenters. The molecule has 1 amide bonds. The van der Waals surface area contributed by atoms with Crippen LogP contribution >= 0.6 is 0 Å². The molecule has 2 aromatic rings. The third-order valence-electron chi connectivity index (χ3n) is 4.11. The predicted octanol–water partition coefficient (Wildman–Crippen LogP) is 3.32. The topological polar surface area (TPSA) is 38.3 Å². The summed E-state index contributed by atoms with van der Waals surface area (Å²) >= 11 is 0. The molecule has 0 saturated heterocycles. The van der Waals surface area contributed by atoms with Crippen LogP contribution in [0.25, 0.3) is 0 Å². The number of fused-ring (bicyclic) bond motifs is 1. The molecule has 114 valence electrons. The number of nitrogens with one attached hydrogen (secondary N) is 1. The minimum Gasteiger partial charge on any atom is -0.367 e. The number of halogens is 1. The summed E-state index contributed by atoms with van der Waals surface area (Å²) in [4.78, 5) is 12.5. The van der Waals surface area contributed by atoms with Crippen LogP contribution in [0.15, 0.2) is 48.5 Å². The second-order valence-corrected chi connectivity index (χ2v) is 5.43. The quantitative estimate of drug-likeness (QED) is 0.940. The number of hydrogen-bond acceptors (Lipinski definition) is 2. The van der Waals surface area contributed by atoms with Crippen molar-refractivity contribution >= 4 is 5.91 Å². The molecule has 3 rings (SSSR count). The molecule has 4 heteroatoms. The summed E-state index contributed by atoms with van der Waals surface area (Å²) in [6.45, 7) is 0. The molecule has 0 saturated carbocycles. The van der Waals surface area contributed by atoms with E-state index < -0.39 is 6.10 Å². The maximum atomic E-state index is 13.8. The fourth-order valence-corrected chi connectivity index (χ4v) is 3.03. The van der Waals surface area contributed by atoms with Crippen LogP contribution in [0.1, 0.15) is 35.3 Å². The second-order valence-electron chi connectivity index (χ2n) is 5.43. The van der Waals surface area contributed by atoms with Crippen molar-refractivity contribution in [3.05, 3.63) is 71.0 Å². The molecule has 2 aromatic carbocycles. The van der Waals surface area contributed by atoms with Crippen LogP contribution in [0.2, 0.25) is 0 Å². The molecule has 0 heterocycles. The normalized spacial score (nSPS) is 17.8. The standard InChI is InChI=1S/C18H18FNO2/c1-22-17(12-6-3-2-4-7-12)18(21)20-16-11-10-13-14(16)8-5-9-15(13)19/h2-9,16-17H,10-11H2,1H3,(H,20,21). The molecule has 22 heavy (non-hydrogen) atoms. The van der Waals surface area contributed by atoms with Crippen LogP contribution in [0.5, 0.6) is 0 Å². The van der Waals surface area contributed by atoms with Crippen LogP contribution in [-0.2, 0) is 16.0 Å². The van der Waals surface area contributed by atoms with Gasteiger partial charge in [0, 0.05) is 7.11 Å². The summed E-state index contributed by atoms with van der Waals surface area (Å²) in [5, 5.41) is 2.98. The number of methoxy groups -OCH3 is 1. The van der Waals surface area contributed by atoms with E-state index in [1.165, 1.54) is 13.2 Å². The minimum absolute atomic E-state index is 0.153. The number of carbonyl (C=O) groups excluding carboxylic acids is 1. The van der Waals surface area contributed by atoms with Gasteiger partial charge in [0.2, 0.25) is 0 Å². The summed E-state index contributed by atoms with van der Waals surface area (Å²) in [7, 11) is 1.51. The lowest BCUT2D eigenvalue weighted by molar-refractivity contribution is -0.132. The number of rotatable bonds is 4. The highest BCUT2D eigenvalue weighted by molar-refractivity contribution is 5.82. The Morgan fingerprint density at radius 2 is 2.00 bits per heavy atom. The van der Waals surface area contributed by atoms with E-state index in [1.54, 1.807) is 6.07 Å². The number of hydrogen-bond donors (Lipinski definition) is 1. The van der Waals surface area contributed by atoms with Gasteiger partial charge in [-0.15, -0.1) is 0 Å². The molecule has 0 spiro atoms. The highest BCUT2D eigenvalue weighted by Gasteiger charge is 2.29. The van der Waals surface area contributed by atoms with Gasteiger partial charge >= 0.3 is 0 Å². The van der Waals surface area contributed by atoms with Gasteiger partial charge in [0.15, 0.2) is 6.10 Å². The van der Waals surface area contributed by atoms with Crippen LogP contribution < -0.4 is 5.32 Å². The van der Waals surface area contributed by atoms with E-state index in [0.717, 1.165) is 11.1 Å². The van der Waals surface area contributed by atoms with Crippen LogP contribution in [-0.4, -0.2) is 13.0 Å². The van der Waals surface area contributed by atoms with Gasteiger partial charge in [-0.05, 0) is 35.6 Å². The Morgan fingerprint density at radius 3 is 2.73 bits per heavy atom. The van der Waals surface area contributed by atoms with Crippen molar-refractivity contribution in [3.8, 4) is 0 Å². The third-order valence-corrected chi connectivity index (χ3v) is 4.11. The largest absolute Gasteiger partial charge is 0.367 e. The molecule has 2 atom stereocenters. The van der Waals surface area contributed by atoms with Crippen molar-refractivity contribution < 1.29 is 13.9 Å². The van der Waals surface area contributed by atoms with Crippen molar-refractivity contribution in [2.45, 2.75) is 25.0 Å². The summed E-state index contributed by atoms with van der Waals surface area (Å²) in [5.74, 6) is -0.392. The monoisotopic (exact) mass is 299 g/mol. The summed E-state index contributed by atoms with van der Waals surface area (Å²) in [5.41, 5.74) is 2.39. The first-order chi connectivity index (χ1) is 10.7. The van der Waals surface area contributed by atoms with Gasteiger partial charge in [-0.3, -0.25) is 4.79 Å². The Morgan fingerprint density at radius 1 is 1.23 bits per heavy atom. The van der Waals surface area contributed by atoms with Crippen molar-refractivity contribution in [3.63, 3.8) is 0 Å². The molecule has 0 aromatic heterocycles. The van der Waals surface area contributed by atoms with Gasteiger partial charge in [-0.1, -0.05) is 42.5 Å². The average molecular weight is 299 g/mol. The maximum Gasteiger partial charge on any atom is 0.254 e. The molecule has 0 radical (unpaired) electrons. The molecular weight excluding hydrogens is 281 g/mol. The summed E-state index contributed by atoms with van der Waals surface area (Å²) in [6, 6.07) is 14.2. The lowest BCUT2D eigenvalue weighted by atomic mass is 10.1. The van der Waals surface area contributed by atoms with Gasteiger partial charge in [0.25, 0.3) is 5.91 Å². The fourth-order valence-electron chi connectivity index (χ4n) is 3.03. The second kappa shape index (κ2) is 6.28. The van der Waals surface area contributed by atoms with E-state index in [9.17, 15) is 9.18 Å². The fraction of sp³-hybridized carbons (Fsp3) is 0.278. The van der Waals surface area contributed by atoms with Gasteiger partial charge in [0.1, 0.15) is 5.82 Å². The van der Waals surface area contributed by atoms with Gasteiger partial charge in [0.05, 0.1) is 6.04 Å². The van der Waals surface area contributed by atoms with Crippen molar-refractivity contribution in [1.29, 1.82) is 0 Å². The number of carbonyl (C=O) groups is 1. The predicted molar refractivity (Wildman–Crippen MR) is 81.8 cm³/mol. The van der Waals surface area contributed by atoms with Crippen LogP contribution in [0.4, 0.5) is 4.39 Å². The third kappa shape index (κ3) is 2.74. The first-order valence-electron chi connectivity index (χ1n) is 7.36. The zero-order valence-electron chi connectivity index (χ0n) is 12.4. The van der Waals surface area contributed by atoms with E-state index in [4.69, 9.17) is 4.74 Å². The van der Waals surface area contributed by atoms with E-state index in [2.05, 4.69) is 5.32 Å². The van der Waals surface area contributed by atoms with E-state index in [1.807, 2.05) is 36.4 Å². The Hall–Kier alpha value is -2.20. The molecule has 0 bridgehead atoms. The SMILES string of the molecule is COC(C(=O)NC1CCc2c(F)cccc21)c1ccccc1. The Bertz CT molecular complexity index is 672. The molecule has 1 aliphatic carbocycles. The highest BCUT2D eigenvalue weighted by Crippen LogP contribution is 2.33. The van der Waals surface area contributed by atoms with Gasteiger partial charge in [-0.25, -0.2) is 4.39 Å². The molecule has 1 aliphatic rings. The van der Waals surface area contributed by atoms with Crippen molar-refractivity contribution in [2.75, 3.05) is 7.11 Å². The minimum atomic E-state index is -0.654. The lowest BCUT2D eigenvalue weighted by Gasteiger charge is -2.20. The zero-order chi connectivity index (χ0) is 15.5. The molecule has 3 nitrogen and oxygen atoms in total. The number of amides is 1. The maximum absolute atomic E-state index is 13.8. The first kappa shape index (κ1) is 14.7. The Kier molecular flexibility index (Phi) is 4.20. The molecule has 0 aliphatic heterocycles. The Labute approximate surface area is 129 Å². The summed E-state index contributed by atoms with van der Waals surface area (Å²) in [6.07, 6.45) is 0.710. The smallest absolute Gasteiger partial charge is 0.254 e. The lowest BCUT2D eigenvalue weighted by Crippen LogP contribution is -2.32. The average Bonchev–Trinajstić information content (AvgIpc) is 2.94. The van der Waals surface area contributed by atoms with Gasteiger partial charge < -0.3 is 10.1 Å². The molecular formula is C18H18FNO2. The number of ether oxygens (including phenoxy) is 1.